The van der Waals surface area contributed by atoms with Gasteiger partial charge in [0, 0.05) is 12.1 Å². The third-order valence-corrected chi connectivity index (χ3v) is 3.55. The van der Waals surface area contributed by atoms with Crippen molar-refractivity contribution in [1.82, 2.24) is 5.32 Å². The van der Waals surface area contributed by atoms with Crippen molar-refractivity contribution in [2.24, 2.45) is 0 Å². The van der Waals surface area contributed by atoms with E-state index in [0.717, 1.165) is 12.3 Å². The van der Waals surface area contributed by atoms with Gasteiger partial charge in [0.25, 0.3) is 0 Å². The number of nitrogens with one attached hydrogen (secondary N) is 1. The Hall–Kier alpha value is -1.80. The molecule has 0 aliphatic heterocycles. The molecule has 2 aromatic rings. The molecule has 0 saturated heterocycles. The van der Waals surface area contributed by atoms with E-state index in [1.54, 1.807) is 0 Å². The van der Waals surface area contributed by atoms with Gasteiger partial charge in [-0.2, -0.15) is 0 Å². The fourth-order valence-corrected chi connectivity index (χ4v) is 2.24. The first-order chi connectivity index (χ1) is 10.0. The molecule has 112 valence electrons. The second kappa shape index (κ2) is 6.77. The Labute approximate surface area is 128 Å². The molecular weight excluding hydrogens is 258 g/mol. The zero-order valence-electron chi connectivity index (χ0n) is 13.4. The molecule has 21 heavy (non-hydrogen) atoms. The minimum absolute atomic E-state index is 0.193. The summed E-state index contributed by atoms with van der Waals surface area (Å²) < 4.78 is 5.96. The molecule has 2 aromatic carbocycles. The van der Waals surface area contributed by atoms with E-state index in [-0.39, 0.29) is 5.41 Å². The number of hydrogen-bond donors (Lipinski definition) is 1. The van der Waals surface area contributed by atoms with Gasteiger partial charge in [0.1, 0.15) is 12.4 Å². The average Bonchev–Trinajstić information content (AvgIpc) is 2.46. The number of rotatable bonds is 5. The van der Waals surface area contributed by atoms with Crippen LogP contribution in [0.5, 0.6) is 5.75 Å². The molecule has 0 amide bonds. The van der Waals surface area contributed by atoms with Crippen molar-refractivity contribution in [3.05, 3.63) is 65.2 Å². The van der Waals surface area contributed by atoms with Crippen molar-refractivity contribution < 1.29 is 4.74 Å². The minimum atomic E-state index is 0.193. The average molecular weight is 283 g/mol. The molecule has 0 aromatic heterocycles. The minimum Gasteiger partial charge on any atom is -0.489 e. The van der Waals surface area contributed by atoms with Gasteiger partial charge in [-0.3, -0.25) is 0 Å². The van der Waals surface area contributed by atoms with Gasteiger partial charge in [-0.15, -0.1) is 0 Å². The van der Waals surface area contributed by atoms with Crippen LogP contribution < -0.4 is 10.1 Å². The van der Waals surface area contributed by atoms with E-state index in [1.807, 2.05) is 25.2 Å². The van der Waals surface area contributed by atoms with Crippen molar-refractivity contribution in [3.63, 3.8) is 0 Å². The maximum absolute atomic E-state index is 5.96. The molecule has 0 unspecified atom stereocenters. The molecule has 0 fully saturated rings. The maximum Gasteiger partial charge on any atom is 0.124 e. The normalized spacial score (nSPS) is 11.4. The fourth-order valence-electron chi connectivity index (χ4n) is 2.24. The summed E-state index contributed by atoms with van der Waals surface area (Å²) in [7, 11) is 1.95. The van der Waals surface area contributed by atoms with Crippen molar-refractivity contribution >= 4 is 0 Å². The van der Waals surface area contributed by atoms with E-state index in [4.69, 9.17) is 4.74 Å². The summed E-state index contributed by atoms with van der Waals surface area (Å²) in [5, 5.41) is 3.17. The van der Waals surface area contributed by atoms with E-state index in [0.29, 0.717) is 6.61 Å². The van der Waals surface area contributed by atoms with E-state index < -0.39 is 0 Å². The highest BCUT2D eigenvalue weighted by Gasteiger charge is 2.12. The molecule has 2 rings (SSSR count). The third-order valence-electron chi connectivity index (χ3n) is 3.55. The van der Waals surface area contributed by atoms with Crippen molar-refractivity contribution in [2.75, 3.05) is 7.05 Å². The van der Waals surface area contributed by atoms with Crippen molar-refractivity contribution in [2.45, 2.75) is 39.3 Å². The molecule has 2 nitrogen and oxygen atoms in total. The molecule has 0 spiro atoms. The Morgan fingerprint density at radius 3 is 2.24 bits per heavy atom. The lowest BCUT2D eigenvalue weighted by Crippen LogP contribution is -2.11. The number of ether oxygens (including phenoxy) is 1. The third kappa shape index (κ3) is 4.33. The first kappa shape index (κ1) is 15.6. The van der Waals surface area contributed by atoms with E-state index >= 15 is 0 Å². The summed E-state index contributed by atoms with van der Waals surface area (Å²) in [6.07, 6.45) is 0. The quantitative estimate of drug-likeness (QED) is 0.884. The highest BCUT2D eigenvalue weighted by atomic mass is 16.5. The highest BCUT2D eigenvalue weighted by molar-refractivity contribution is 5.34. The van der Waals surface area contributed by atoms with Gasteiger partial charge in [-0.05, 0) is 29.7 Å². The van der Waals surface area contributed by atoms with Gasteiger partial charge in [0.15, 0.2) is 0 Å². The molecule has 0 aliphatic carbocycles. The van der Waals surface area contributed by atoms with E-state index in [1.165, 1.54) is 16.7 Å². The van der Waals surface area contributed by atoms with Crippen LogP contribution in [0.2, 0.25) is 0 Å². The second-order valence-corrected chi connectivity index (χ2v) is 6.37. The summed E-state index contributed by atoms with van der Waals surface area (Å²) in [4.78, 5) is 0. The standard InChI is InChI=1S/C19H25NO/c1-19(2,3)17-11-9-15(10-12-17)14-21-18-8-6-5-7-16(18)13-20-4/h5-12,20H,13-14H2,1-4H3. The maximum atomic E-state index is 5.96. The van der Waals surface area contributed by atoms with Crippen LogP contribution in [0.4, 0.5) is 0 Å². The Balaban J connectivity index is 2.03. The first-order valence-electron chi connectivity index (χ1n) is 7.45. The Morgan fingerprint density at radius 1 is 0.952 bits per heavy atom. The van der Waals surface area contributed by atoms with Crippen LogP contribution >= 0.6 is 0 Å². The number of benzene rings is 2. The zero-order chi connectivity index (χ0) is 15.3. The topological polar surface area (TPSA) is 21.3 Å². The molecule has 0 heterocycles. The fraction of sp³-hybridized carbons (Fsp3) is 0.368. The molecule has 0 radical (unpaired) electrons. The monoisotopic (exact) mass is 283 g/mol. The molecular formula is C19H25NO. The lowest BCUT2D eigenvalue weighted by Gasteiger charge is -2.19. The molecule has 0 aliphatic rings. The summed E-state index contributed by atoms with van der Waals surface area (Å²) in [6.45, 7) is 8.11. The lowest BCUT2D eigenvalue weighted by molar-refractivity contribution is 0.302. The summed E-state index contributed by atoms with van der Waals surface area (Å²) in [6, 6.07) is 16.9. The molecule has 0 atom stereocenters. The van der Waals surface area contributed by atoms with Crippen LogP contribution in [0.1, 0.15) is 37.5 Å². The number of para-hydroxylation sites is 1. The van der Waals surface area contributed by atoms with Crippen molar-refractivity contribution in [1.29, 1.82) is 0 Å². The largest absolute Gasteiger partial charge is 0.489 e. The lowest BCUT2D eigenvalue weighted by atomic mass is 9.87. The summed E-state index contributed by atoms with van der Waals surface area (Å²) in [5.41, 5.74) is 3.93. The van der Waals surface area contributed by atoms with Crippen LogP contribution in [0.15, 0.2) is 48.5 Å². The number of hydrogen-bond acceptors (Lipinski definition) is 2. The van der Waals surface area contributed by atoms with Gasteiger partial charge in [0.05, 0.1) is 0 Å². The molecule has 2 heteroatoms. The van der Waals surface area contributed by atoms with Crippen LogP contribution in [-0.2, 0) is 18.6 Å². The van der Waals surface area contributed by atoms with E-state index in [9.17, 15) is 0 Å². The molecule has 0 bridgehead atoms. The van der Waals surface area contributed by atoms with Gasteiger partial charge in [-0.1, -0.05) is 63.2 Å². The Kier molecular flexibility index (Phi) is 5.03. The Bertz CT molecular complexity index is 567. The van der Waals surface area contributed by atoms with Gasteiger partial charge >= 0.3 is 0 Å². The second-order valence-electron chi connectivity index (χ2n) is 6.37. The summed E-state index contributed by atoms with van der Waals surface area (Å²) >= 11 is 0. The van der Waals surface area contributed by atoms with Crippen LogP contribution in [0.3, 0.4) is 0 Å². The van der Waals surface area contributed by atoms with Crippen LogP contribution in [-0.4, -0.2) is 7.05 Å². The van der Waals surface area contributed by atoms with Gasteiger partial charge < -0.3 is 10.1 Å². The van der Waals surface area contributed by atoms with Crippen molar-refractivity contribution in [3.8, 4) is 5.75 Å². The highest BCUT2D eigenvalue weighted by Crippen LogP contribution is 2.23. The Morgan fingerprint density at radius 2 is 1.62 bits per heavy atom. The zero-order valence-corrected chi connectivity index (χ0v) is 13.4. The SMILES string of the molecule is CNCc1ccccc1OCc1ccc(C(C)(C)C)cc1. The van der Waals surface area contributed by atoms with Crippen LogP contribution in [0.25, 0.3) is 0 Å². The van der Waals surface area contributed by atoms with Crippen LogP contribution in [0, 0.1) is 0 Å². The predicted octanol–water partition coefficient (Wildman–Crippen LogP) is 4.28. The van der Waals surface area contributed by atoms with Gasteiger partial charge in [0.2, 0.25) is 0 Å². The van der Waals surface area contributed by atoms with Gasteiger partial charge in [-0.25, -0.2) is 0 Å². The smallest absolute Gasteiger partial charge is 0.124 e. The molecule has 0 saturated carbocycles. The summed E-state index contributed by atoms with van der Waals surface area (Å²) in [5.74, 6) is 0.951. The predicted molar refractivity (Wildman–Crippen MR) is 88.7 cm³/mol. The molecule has 1 N–H and O–H groups in total. The van der Waals surface area contributed by atoms with E-state index in [2.05, 4.69) is 56.4 Å². The first-order valence-corrected chi connectivity index (χ1v) is 7.45.